The van der Waals surface area contributed by atoms with E-state index in [2.05, 4.69) is 5.32 Å². The highest BCUT2D eigenvalue weighted by atomic mass is 28.2. The third-order valence-corrected chi connectivity index (χ3v) is 4.30. The summed E-state index contributed by atoms with van der Waals surface area (Å²) in [7, 11) is 3.27. The molecule has 0 radical (unpaired) electrons. The van der Waals surface area contributed by atoms with Crippen molar-refractivity contribution in [2.45, 2.75) is 24.9 Å². The Kier molecular flexibility index (Phi) is 12.6. The zero-order chi connectivity index (χ0) is 9.78. The molecule has 80 valence electrons. The fraction of sp³-hybridized carbons (Fsp3) is 1.00. The molecule has 0 fully saturated rings. The maximum atomic E-state index is 5.10. The van der Waals surface area contributed by atoms with E-state index in [-0.39, 0.29) is 19.5 Å². The van der Waals surface area contributed by atoms with Crippen LogP contribution in [0.4, 0.5) is 0 Å². The molecule has 0 saturated carbocycles. The molecule has 0 aliphatic carbocycles. The van der Waals surface area contributed by atoms with E-state index in [9.17, 15) is 0 Å². The van der Waals surface area contributed by atoms with Gasteiger partial charge in [0.25, 0.3) is 0 Å². The minimum absolute atomic E-state index is 0.179. The lowest BCUT2D eigenvalue weighted by Gasteiger charge is -2.03. The Morgan fingerprint density at radius 2 is 1.38 bits per heavy atom. The van der Waals surface area contributed by atoms with E-state index in [1.54, 1.807) is 0 Å². The van der Waals surface area contributed by atoms with Crippen LogP contribution >= 0.6 is 0 Å². The second-order valence-electron chi connectivity index (χ2n) is 3.15. The molecule has 13 heavy (non-hydrogen) atoms. The van der Waals surface area contributed by atoms with Crippen molar-refractivity contribution in [2.75, 3.05) is 27.3 Å². The van der Waals surface area contributed by atoms with Crippen LogP contribution in [0.5, 0.6) is 0 Å². The molecule has 0 saturated heterocycles. The molecule has 5 heteroatoms. The fourth-order valence-corrected chi connectivity index (χ4v) is 2.60. The van der Waals surface area contributed by atoms with Gasteiger partial charge in [-0.1, -0.05) is 0 Å². The summed E-state index contributed by atoms with van der Waals surface area (Å²) in [5, 5.41) is 3.44. The highest BCUT2D eigenvalue weighted by Crippen LogP contribution is 1.89. The lowest BCUT2D eigenvalue weighted by Crippen LogP contribution is -2.17. The SMILES string of the molecule is CO[SiH2]CCCNCCC[SiH2]OC. The molecule has 1 N–H and O–H groups in total. The first kappa shape index (κ1) is 13.3. The molecule has 0 rings (SSSR count). The Labute approximate surface area is 86.5 Å². The highest BCUT2D eigenvalue weighted by molar-refractivity contribution is 6.27. The number of hydrogen-bond donors (Lipinski definition) is 1. The van der Waals surface area contributed by atoms with Crippen LogP contribution in [0.2, 0.25) is 12.1 Å². The van der Waals surface area contributed by atoms with Crippen molar-refractivity contribution in [2.24, 2.45) is 0 Å². The number of hydrogen-bond acceptors (Lipinski definition) is 3. The quantitative estimate of drug-likeness (QED) is 0.404. The highest BCUT2D eigenvalue weighted by Gasteiger charge is 1.90. The van der Waals surface area contributed by atoms with Crippen LogP contribution in [0.25, 0.3) is 0 Å². The fourth-order valence-electron chi connectivity index (χ4n) is 1.12. The largest absolute Gasteiger partial charge is 0.427 e. The second-order valence-corrected chi connectivity index (χ2v) is 6.54. The third kappa shape index (κ3) is 12.3. The second kappa shape index (κ2) is 12.3. The van der Waals surface area contributed by atoms with Crippen LogP contribution in [0, 0.1) is 0 Å². The molecule has 0 spiro atoms. The van der Waals surface area contributed by atoms with E-state index in [1.165, 1.54) is 24.9 Å². The Balaban J connectivity index is 2.76. The van der Waals surface area contributed by atoms with Gasteiger partial charge in [0.15, 0.2) is 19.5 Å². The van der Waals surface area contributed by atoms with Crippen LogP contribution in [-0.4, -0.2) is 46.8 Å². The monoisotopic (exact) mass is 221 g/mol. The van der Waals surface area contributed by atoms with E-state index in [1.807, 2.05) is 14.2 Å². The third-order valence-electron chi connectivity index (χ3n) is 1.90. The summed E-state index contributed by atoms with van der Waals surface area (Å²) in [5.41, 5.74) is 0. The van der Waals surface area contributed by atoms with Crippen molar-refractivity contribution in [3.63, 3.8) is 0 Å². The molecular weight excluding hydrogens is 198 g/mol. The number of rotatable bonds is 10. The van der Waals surface area contributed by atoms with Crippen molar-refractivity contribution in [3.8, 4) is 0 Å². The first-order valence-corrected chi connectivity index (χ1v) is 8.26. The smallest absolute Gasteiger partial charge is 0.161 e. The summed E-state index contributed by atoms with van der Waals surface area (Å²) < 4.78 is 10.2. The molecule has 0 aliphatic rings. The van der Waals surface area contributed by atoms with Gasteiger partial charge in [0, 0.05) is 14.2 Å². The van der Waals surface area contributed by atoms with Gasteiger partial charge >= 0.3 is 0 Å². The van der Waals surface area contributed by atoms with Crippen molar-refractivity contribution in [1.29, 1.82) is 0 Å². The van der Waals surface area contributed by atoms with E-state index in [4.69, 9.17) is 8.85 Å². The maximum Gasteiger partial charge on any atom is 0.161 e. The topological polar surface area (TPSA) is 30.5 Å². The molecular formula is C8H23NO2Si2. The van der Waals surface area contributed by atoms with Gasteiger partial charge in [-0.25, -0.2) is 0 Å². The van der Waals surface area contributed by atoms with Gasteiger partial charge in [-0.3, -0.25) is 0 Å². The van der Waals surface area contributed by atoms with Crippen molar-refractivity contribution < 1.29 is 8.85 Å². The van der Waals surface area contributed by atoms with Gasteiger partial charge in [0.1, 0.15) is 0 Å². The van der Waals surface area contributed by atoms with Crippen LogP contribution in [0.1, 0.15) is 12.8 Å². The van der Waals surface area contributed by atoms with Gasteiger partial charge in [-0.2, -0.15) is 0 Å². The zero-order valence-electron chi connectivity index (χ0n) is 8.97. The Morgan fingerprint density at radius 1 is 0.923 bits per heavy atom. The molecule has 0 aromatic carbocycles. The van der Waals surface area contributed by atoms with Gasteiger partial charge in [0.2, 0.25) is 0 Å². The average molecular weight is 221 g/mol. The Morgan fingerprint density at radius 3 is 1.77 bits per heavy atom. The van der Waals surface area contributed by atoms with Crippen molar-refractivity contribution in [1.82, 2.24) is 5.32 Å². The lowest BCUT2D eigenvalue weighted by molar-refractivity contribution is 0.437. The molecule has 0 aromatic heterocycles. The van der Waals surface area contributed by atoms with Crippen LogP contribution < -0.4 is 5.32 Å². The normalized spacial score (nSPS) is 12.5. The van der Waals surface area contributed by atoms with Crippen LogP contribution in [0.15, 0.2) is 0 Å². The Hall–Kier alpha value is 0.314. The molecule has 0 unspecified atom stereocenters. The first-order valence-electron chi connectivity index (χ1n) is 5.10. The van der Waals surface area contributed by atoms with Gasteiger partial charge in [-0.05, 0) is 38.0 Å². The minimum atomic E-state index is -0.179. The molecule has 0 heterocycles. The van der Waals surface area contributed by atoms with Gasteiger partial charge in [0.05, 0.1) is 0 Å². The summed E-state index contributed by atoms with van der Waals surface area (Å²) in [6.07, 6.45) is 2.56. The van der Waals surface area contributed by atoms with Crippen molar-refractivity contribution in [3.05, 3.63) is 0 Å². The molecule has 0 aliphatic heterocycles. The number of nitrogens with one attached hydrogen (secondary N) is 1. The maximum absolute atomic E-state index is 5.10. The van der Waals surface area contributed by atoms with Crippen LogP contribution in [0.3, 0.4) is 0 Å². The predicted molar refractivity (Wildman–Crippen MR) is 62.8 cm³/mol. The standard InChI is InChI=1S/C8H23NO2Si2/c1-10-12-7-3-5-9-6-4-8-13-11-2/h9H,3-8,12-13H2,1-2H3. The van der Waals surface area contributed by atoms with Crippen LogP contribution in [-0.2, 0) is 8.85 Å². The summed E-state index contributed by atoms with van der Waals surface area (Å²) in [6.45, 7) is 2.32. The van der Waals surface area contributed by atoms with E-state index >= 15 is 0 Å². The first-order chi connectivity index (χ1) is 6.41. The van der Waals surface area contributed by atoms with Gasteiger partial charge < -0.3 is 14.2 Å². The summed E-state index contributed by atoms with van der Waals surface area (Å²) in [6, 6.07) is 2.60. The average Bonchev–Trinajstić information content (AvgIpc) is 2.16. The summed E-state index contributed by atoms with van der Waals surface area (Å²) >= 11 is 0. The zero-order valence-corrected chi connectivity index (χ0v) is 11.8. The van der Waals surface area contributed by atoms with E-state index < -0.39 is 0 Å². The summed E-state index contributed by atoms with van der Waals surface area (Å²) in [5.74, 6) is 0. The predicted octanol–water partition coefficient (Wildman–Crippen LogP) is -0.347. The molecule has 3 nitrogen and oxygen atoms in total. The molecule has 0 aromatic rings. The Bertz CT molecular complexity index is 86.2. The minimum Gasteiger partial charge on any atom is -0.427 e. The molecule has 0 bridgehead atoms. The van der Waals surface area contributed by atoms with E-state index in [0.29, 0.717) is 0 Å². The lowest BCUT2D eigenvalue weighted by atomic mass is 10.4. The summed E-state index contributed by atoms with van der Waals surface area (Å²) in [4.78, 5) is 0. The van der Waals surface area contributed by atoms with Gasteiger partial charge in [-0.15, -0.1) is 0 Å². The molecule has 0 atom stereocenters. The molecule has 0 amide bonds. The van der Waals surface area contributed by atoms with E-state index in [0.717, 1.165) is 13.1 Å². The van der Waals surface area contributed by atoms with Crippen molar-refractivity contribution >= 4 is 19.5 Å².